The molecule has 0 radical (unpaired) electrons. The van der Waals surface area contributed by atoms with Gasteiger partial charge in [0.05, 0.1) is 5.71 Å². The van der Waals surface area contributed by atoms with Gasteiger partial charge in [-0.1, -0.05) is 5.16 Å². The van der Waals surface area contributed by atoms with E-state index in [1.807, 2.05) is 0 Å². The Labute approximate surface area is 74.8 Å². The predicted octanol–water partition coefficient (Wildman–Crippen LogP) is -1.17. The van der Waals surface area contributed by atoms with Crippen LogP contribution in [0.3, 0.4) is 0 Å². The van der Waals surface area contributed by atoms with E-state index >= 15 is 0 Å². The second-order valence-corrected chi connectivity index (χ2v) is 2.82. The molecule has 13 heavy (non-hydrogen) atoms. The maximum Gasteiger partial charge on any atom is 0.238 e. The molecule has 0 saturated carbocycles. The number of carbonyl (C=O) groups excluding carboxylic acids is 2. The van der Waals surface area contributed by atoms with E-state index in [1.165, 1.54) is 0 Å². The highest BCUT2D eigenvalue weighted by atomic mass is 16.4. The molecule has 2 amide bonds. The van der Waals surface area contributed by atoms with Crippen LogP contribution in [-0.4, -0.2) is 29.3 Å². The first-order valence-corrected chi connectivity index (χ1v) is 3.94. The molecule has 0 aromatic heterocycles. The van der Waals surface area contributed by atoms with E-state index in [9.17, 15) is 9.59 Å². The van der Waals surface area contributed by atoms with Crippen LogP contribution in [-0.2, 0) is 9.59 Å². The van der Waals surface area contributed by atoms with Gasteiger partial charge in [0.25, 0.3) is 0 Å². The molecule has 1 aliphatic rings. The molecule has 1 saturated heterocycles. The van der Waals surface area contributed by atoms with Crippen LogP contribution in [0.1, 0.15) is 12.8 Å². The molecule has 72 valence electrons. The summed E-state index contributed by atoms with van der Waals surface area (Å²) in [5, 5.41) is 14.0. The van der Waals surface area contributed by atoms with E-state index in [0.29, 0.717) is 19.4 Å². The van der Waals surface area contributed by atoms with Crippen molar-refractivity contribution in [2.45, 2.75) is 12.8 Å². The first-order chi connectivity index (χ1) is 6.16. The molecule has 6 nitrogen and oxygen atoms in total. The molecule has 1 fully saturated rings. The van der Waals surface area contributed by atoms with E-state index in [2.05, 4.69) is 10.5 Å². The molecular weight excluding hydrogens is 174 g/mol. The number of nitrogens with zero attached hydrogens (tertiary/aromatic N) is 1. The molecule has 0 bridgehead atoms. The van der Waals surface area contributed by atoms with E-state index in [4.69, 9.17) is 10.9 Å². The number of amides is 2. The lowest BCUT2D eigenvalue weighted by Gasteiger charge is -2.08. The van der Waals surface area contributed by atoms with Gasteiger partial charge in [0.15, 0.2) is 5.92 Å². The smallest absolute Gasteiger partial charge is 0.238 e. The first kappa shape index (κ1) is 9.50. The quantitative estimate of drug-likeness (QED) is 0.272. The number of nitrogens with one attached hydrogen (secondary N) is 1. The Balaban J connectivity index is 2.92. The van der Waals surface area contributed by atoms with Crippen molar-refractivity contribution in [1.82, 2.24) is 5.32 Å². The summed E-state index contributed by atoms with van der Waals surface area (Å²) in [6, 6.07) is 0. The van der Waals surface area contributed by atoms with Gasteiger partial charge in [0.2, 0.25) is 11.8 Å². The summed E-state index contributed by atoms with van der Waals surface area (Å²) in [4.78, 5) is 22.1. The Kier molecular flexibility index (Phi) is 2.84. The zero-order valence-electron chi connectivity index (χ0n) is 6.99. The van der Waals surface area contributed by atoms with Crippen molar-refractivity contribution in [3.8, 4) is 0 Å². The third kappa shape index (κ3) is 1.95. The highest BCUT2D eigenvalue weighted by Crippen LogP contribution is 2.09. The minimum absolute atomic E-state index is 0.141. The van der Waals surface area contributed by atoms with Crippen molar-refractivity contribution in [3.05, 3.63) is 0 Å². The highest BCUT2D eigenvalue weighted by molar-refractivity contribution is 6.19. The standard InChI is InChI=1S/C7H11N3O3/c8-6(11)5-4(10-13)2-1-3-9-7(5)12/h5,13H,1-3H2,(H2,8,11)(H,9,12). The lowest BCUT2D eigenvalue weighted by Crippen LogP contribution is -2.41. The minimum Gasteiger partial charge on any atom is -0.411 e. The van der Waals surface area contributed by atoms with Crippen molar-refractivity contribution >= 4 is 17.5 Å². The third-order valence-electron chi connectivity index (χ3n) is 1.92. The molecule has 1 rings (SSSR count). The van der Waals surface area contributed by atoms with Crippen molar-refractivity contribution in [2.24, 2.45) is 16.8 Å². The van der Waals surface area contributed by atoms with Crippen LogP contribution in [0, 0.1) is 5.92 Å². The predicted molar refractivity (Wildman–Crippen MR) is 44.1 cm³/mol. The maximum atomic E-state index is 11.2. The largest absolute Gasteiger partial charge is 0.411 e. The number of primary amides is 1. The van der Waals surface area contributed by atoms with Crippen molar-refractivity contribution in [3.63, 3.8) is 0 Å². The fraction of sp³-hybridized carbons (Fsp3) is 0.571. The Bertz CT molecular complexity index is 262. The number of carbonyl (C=O) groups is 2. The Morgan fingerprint density at radius 3 is 2.92 bits per heavy atom. The number of rotatable bonds is 1. The average molecular weight is 185 g/mol. The molecule has 1 aliphatic heterocycles. The lowest BCUT2D eigenvalue weighted by molar-refractivity contribution is -0.130. The summed E-state index contributed by atoms with van der Waals surface area (Å²) in [6.45, 7) is 0.474. The van der Waals surface area contributed by atoms with Crippen LogP contribution in [0.4, 0.5) is 0 Å². The van der Waals surface area contributed by atoms with Gasteiger partial charge in [0, 0.05) is 6.54 Å². The summed E-state index contributed by atoms with van der Waals surface area (Å²) >= 11 is 0. The van der Waals surface area contributed by atoms with Crippen LogP contribution in [0.15, 0.2) is 5.16 Å². The second-order valence-electron chi connectivity index (χ2n) is 2.82. The minimum atomic E-state index is -1.12. The Morgan fingerprint density at radius 1 is 1.69 bits per heavy atom. The van der Waals surface area contributed by atoms with Gasteiger partial charge in [0.1, 0.15) is 0 Å². The second kappa shape index (κ2) is 3.88. The Hall–Kier alpha value is -1.59. The highest BCUT2D eigenvalue weighted by Gasteiger charge is 2.31. The average Bonchev–Trinajstić information content (AvgIpc) is 2.26. The fourth-order valence-corrected chi connectivity index (χ4v) is 1.28. The third-order valence-corrected chi connectivity index (χ3v) is 1.92. The van der Waals surface area contributed by atoms with Gasteiger partial charge < -0.3 is 16.3 Å². The zero-order chi connectivity index (χ0) is 9.84. The van der Waals surface area contributed by atoms with E-state index < -0.39 is 17.7 Å². The normalized spacial score (nSPS) is 26.6. The molecule has 0 spiro atoms. The molecule has 0 aliphatic carbocycles. The maximum absolute atomic E-state index is 11.2. The summed E-state index contributed by atoms with van der Waals surface area (Å²) in [7, 11) is 0. The monoisotopic (exact) mass is 185 g/mol. The van der Waals surface area contributed by atoms with E-state index in [-0.39, 0.29) is 5.71 Å². The van der Waals surface area contributed by atoms with Crippen molar-refractivity contribution in [1.29, 1.82) is 0 Å². The molecule has 1 unspecified atom stereocenters. The lowest BCUT2D eigenvalue weighted by atomic mass is 10.00. The van der Waals surface area contributed by atoms with Crippen LogP contribution < -0.4 is 11.1 Å². The topological polar surface area (TPSA) is 105 Å². The SMILES string of the molecule is NC(=O)C1C(=O)NCCCC1=NO. The number of hydrogen-bond donors (Lipinski definition) is 3. The fourth-order valence-electron chi connectivity index (χ4n) is 1.28. The molecule has 4 N–H and O–H groups in total. The molecule has 0 aromatic carbocycles. The van der Waals surface area contributed by atoms with Gasteiger partial charge in [-0.05, 0) is 12.8 Å². The van der Waals surface area contributed by atoms with Crippen molar-refractivity contribution < 1.29 is 14.8 Å². The molecule has 1 heterocycles. The number of nitrogens with two attached hydrogens (primary N) is 1. The van der Waals surface area contributed by atoms with Crippen LogP contribution in [0.5, 0.6) is 0 Å². The van der Waals surface area contributed by atoms with Gasteiger partial charge in [-0.3, -0.25) is 9.59 Å². The van der Waals surface area contributed by atoms with Gasteiger partial charge in [-0.2, -0.15) is 0 Å². The van der Waals surface area contributed by atoms with Gasteiger partial charge in [-0.25, -0.2) is 0 Å². The van der Waals surface area contributed by atoms with E-state index in [1.54, 1.807) is 0 Å². The summed E-state index contributed by atoms with van der Waals surface area (Å²) in [6.07, 6.45) is 1.05. The zero-order valence-corrected chi connectivity index (χ0v) is 6.99. The number of oxime groups is 1. The molecule has 6 heteroatoms. The van der Waals surface area contributed by atoms with Gasteiger partial charge >= 0.3 is 0 Å². The summed E-state index contributed by atoms with van der Waals surface area (Å²) < 4.78 is 0. The van der Waals surface area contributed by atoms with Gasteiger partial charge in [-0.15, -0.1) is 0 Å². The summed E-state index contributed by atoms with van der Waals surface area (Å²) in [5.74, 6) is -2.39. The van der Waals surface area contributed by atoms with Crippen LogP contribution >= 0.6 is 0 Å². The first-order valence-electron chi connectivity index (χ1n) is 3.94. The van der Waals surface area contributed by atoms with Crippen molar-refractivity contribution in [2.75, 3.05) is 6.54 Å². The summed E-state index contributed by atoms with van der Waals surface area (Å²) in [5.41, 5.74) is 5.14. The Morgan fingerprint density at radius 2 is 2.38 bits per heavy atom. The van der Waals surface area contributed by atoms with Crippen LogP contribution in [0.2, 0.25) is 0 Å². The van der Waals surface area contributed by atoms with E-state index in [0.717, 1.165) is 0 Å². The number of hydrogen-bond acceptors (Lipinski definition) is 4. The van der Waals surface area contributed by atoms with Crippen LogP contribution in [0.25, 0.3) is 0 Å². The molecular formula is C7H11N3O3. The molecule has 1 atom stereocenters. The molecule has 0 aromatic rings.